The molecule has 1 aromatic carbocycles. The van der Waals surface area contributed by atoms with Gasteiger partial charge in [0.25, 0.3) is 0 Å². The van der Waals surface area contributed by atoms with E-state index in [1.54, 1.807) is 12.1 Å². The molecule has 6 heteroatoms. The van der Waals surface area contributed by atoms with Crippen LogP contribution in [0.4, 0.5) is 10.5 Å². The van der Waals surface area contributed by atoms with Crippen molar-refractivity contribution in [3.8, 4) is 0 Å². The average Bonchev–Trinajstić information content (AvgIpc) is 2.77. The van der Waals surface area contributed by atoms with Crippen LogP contribution in [0.15, 0.2) is 24.3 Å². The molecule has 3 amide bonds. The molecular formula is C16H24N4O2. The molecule has 0 bridgehead atoms. The van der Waals surface area contributed by atoms with Crippen LogP contribution >= 0.6 is 0 Å². The Labute approximate surface area is 131 Å². The van der Waals surface area contributed by atoms with E-state index in [1.807, 2.05) is 17.0 Å². The van der Waals surface area contributed by atoms with Crippen LogP contribution in [0.3, 0.4) is 0 Å². The molecule has 3 N–H and O–H groups in total. The van der Waals surface area contributed by atoms with Gasteiger partial charge in [-0.25, -0.2) is 10.6 Å². The fourth-order valence-corrected chi connectivity index (χ4v) is 2.60. The first kappa shape index (κ1) is 16.3. The van der Waals surface area contributed by atoms with Gasteiger partial charge in [0, 0.05) is 25.7 Å². The molecule has 0 spiro atoms. The molecule has 1 saturated heterocycles. The van der Waals surface area contributed by atoms with Gasteiger partial charge in [0.2, 0.25) is 5.91 Å². The standard InChI is InChI=1S/C16H24N4O2/c1-13(21)18-15-8-6-14(7-9-15)12-20(17)16(22)19-10-4-2-3-5-11-19/h6-9H,2-5,10-12,17H2,1H3,(H,18,21). The third-order valence-corrected chi connectivity index (χ3v) is 3.75. The second kappa shape index (κ2) is 7.79. The molecule has 0 unspecified atom stereocenters. The maximum absolute atomic E-state index is 12.3. The second-order valence-electron chi connectivity index (χ2n) is 5.69. The minimum atomic E-state index is -0.118. The zero-order chi connectivity index (χ0) is 15.9. The molecule has 0 aromatic heterocycles. The van der Waals surface area contributed by atoms with Crippen molar-refractivity contribution in [3.63, 3.8) is 0 Å². The smallest absolute Gasteiger partial charge is 0.326 e. The molecule has 1 aliphatic heterocycles. The summed E-state index contributed by atoms with van der Waals surface area (Å²) in [5.74, 6) is 5.82. The first-order chi connectivity index (χ1) is 10.6. The number of likely N-dealkylation sites (tertiary alicyclic amines) is 1. The Morgan fingerprint density at radius 2 is 1.73 bits per heavy atom. The summed E-state index contributed by atoms with van der Waals surface area (Å²) in [4.78, 5) is 25.1. The van der Waals surface area contributed by atoms with Gasteiger partial charge in [-0.2, -0.15) is 0 Å². The van der Waals surface area contributed by atoms with Gasteiger partial charge in [-0.3, -0.25) is 9.80 Å². The molecule has 6 nitrogen and oxygen atoms in total. The van der Waals surface area contributed by atoms with E-state index in [-0.39, 0.29) is 11.9 Å². The van der Waals surface area contributed by atoms with Gasteiger partial charge in [0.05, 0.1) is 6.54 Å². The summed E-state index contributed by atoms with van der Waals surface area (Å²) in [7, 11) is 0. The van der Waals surface area contributed by atoms with Crippen LogP contribution in [0.2, 0.25) is 0 Å². The van der Waals surface area contributed by atoms with Gasteiger partial charge in [0.15, 0.2) is 0 Å². The Kier molecular flexibility index (Phi) is 5.77. The third kappa shape index (κ3) is 4.73. The highest BCUT2D eigenvalue weighted by Crippen LogP contribution is 2.14. The lowest BCUT2D eigenvalue weighted by Gasteiger charge is -2.26. The van der Waals surface area contributed by atoms with Crippen molar-refractivity contribution in [2.24, 2.45) is 5.84 Å². The number of benzene rings is 1. The lowest BCUT2D eigenvalue weighted by molar-refractivity contribution is -0.114. The van der Waals surface area contributed by atoms with Gasteiger partial charge in [-0.1, -0.05) is 25.0 Å². The highest BCUT2D eigenvalue weighted by molar-refractivity contribution is 5.88. The van der Waals surface area contributed by atoms with Gasteiger partial charge < -0.3 is 10.2 Å². The van der Waals surface area contributed by atoms with Crippen LogP contribution in [0.5, 0.6) is 0 Å². The molecule has 120 valence electrons. The van der Waals surface area contributed by atoms with Gasteiger partial charge in [-0.15, -0.1) is 0 Å². The summed E-state index contributed by atoms with van der Waals surface area (Å²) in [6.45, 7) is 3.40. The maximum atomic E-state index is 12.3. The number of carbonyl (C=O) groups excluding carboxylic acids is 2. The van der Waals surface area contributed by atoms with E-state index in [1.165, 1.54) is 24.8 Å². The Bertz CT molecular complexity index is 507. The van der Waals surface area contributed by atoms with E-state index >= 15 is 0 Å². The number of hydrazine groups is 1. The lowest BCUT2D eigenvalue weighted by Crippen LogP contribution is -2.46. The van der Waals surface area contributed by atoms with Gasteiger partial charge in [-0.05, 0) is 30.5 Å². The summed E-state index contributed by atoms with van der Waals surface area (Å²) in [6, 6.07) is 7.22. The van der Waals surface area contributed by atoms with E-state index < -0.39 is 0 Å². The van der Waals surface area contributed by atoms with Crippen molar-refractivity contribution in [2.45, 2.75) is 39.2 Å². The summed E-state index contributed by atoms with van der Waals surface area (Å²) in [5.41, 5.74) is 1.67. The van der Waals surface area contributed by atoms with Crippen molar-refractivity contribution in [1.29, 1.82) is 0 Å². The van der Waals surface area contributed by atoms with Crippen LogP contribution in [0.1, 0.15) is 38.2 Å². The Hall–Kier alpha value is -2.08. The maximum Gasteiger partial charge on any atom is 0.334 e. The Morgan fingerprint density at radius 3 is 2.27 bits per heavy atom. The highest BCUT2D eigenvalue weighted by atomic mass is 16.2. The molecule has 22 heavy (non-hydrogen) atoms. The van der Waals surface area contributed by atoms with E-state index in [0.29, 0.717) is 6.54 Å². The lowest BCUT2D eigenvalue weighted by atomic mass is 10.2. The van der Waals surface area contributed by atoms with E-state index in [9.17, 15) is 9.59 Å². The van der Waals surface area contributed by atoms with Crippen LogP contribution in [-0.4, -0.2) is 34.9 Å². The number of nitrogens with two attached hydrogens (primary N) is 1. The van der Waals surface area contributed by atoms with Crippen LogP contribution < -0.4 is 11.2 Å². The fraction of sp³-hybridized carbons (Fsp3) is 0.500. The predicted molar refractivity (Wildman–Crippen MR) is 85.9 cm³/mol. The molecule has 1 aliphatic rings. The molecule has 0 saturated carbocycles. The van der Waals surface area contributed by atoms with Gasteiger partial charge >= 0.3 is 6.03 Å². The molecule has 1 heterocycles. The largest absolute Gasteiger partial charge is 0.334 e. The van der Waals surface area contributed by atoms with Crippen LogP contribution in [0, 0.1) is 0 Å². The molecule has 2 rings (SSSR count). The van der Waals surface area contributed by atoms with Crippen molar-refractivity contribution in [3.05, 3.63) is 29.8 Å². The number of hydrogen-bond acceptors (Lipinski definition) is 3. The van der Waals surface area contributed by atoms with Crippen molar-refractivity contribution in [1.82, 2.24) is 9.91 Å². The number of anilines is 1. The first-order valence-corrected chi connectivity index (χ1v) is 7.74. The van der Waals surface area contributed by atoms with Crippen molar-refractivity contribution in [2.75, 3.05) is 18.4 Å². The third-order valence-electron chi connectivity index (χ3n) is 3.75. The number of nitrogens with zero attached hydrogens (tertiary/aromatic N) is 2. The number of rotatable bonds is 3. The number of hydrogen-bond donors (Lipinski definition) is 2. The molecular weight excluding hydrogens is 280 g/mol. The molecule has 0 aliphatic carbocycles. The first-order valence-electron chi connectivity index (χ1n) is 7.74. The molecule has 1 aromatic rings. The topological polar surface area (TPSA) is 78.7 Å². The SMILES string of the molecule is CC(=O)Nc1ccc(CN(N)C(=O)N2CCCCCC2)cc1. The highest BCUT2D eigenvalue weighted by Gasteiger charge is 2.19. The number of urea groups is 1. The average molecular weight is 304 g/mol. The van der Waals surface area contributed by atoms with Crippen molar-refractivity contribution >= 4 is 17.6 Å². The monoisotopic (exact) mass is 304 g/mol. The second-order valence-corrected chi connectivity index (χ2v) is 5.69. The van der Waals surface area contributed by atoms with Crippen LogP contribution in [0.25, 0.3) is 0 Å². The molecule has 0 radical (unpaired) electrons. The van der Waals surface area contributed by atoms with E-state index in [4.69, 9.17) is 5.84 Å². The summed E-state index contributed by atoms with van der Waals surface area (Å²) < 4.78 is 0. The number of amides is 3. The minimum absolute atomic E-state index is 0.107. The normalized spacial score (nSPS) is 15.1. The predicted octanol–water partition coefficient (Wildman–Crippen LogP) is 2.32. The fourth-order valence-electron chi connectivity index (χ4n) is 2.60. The quantitative estimate of drug-likeness (QED) is 0.511. The van der Waals surface area contributed by atoms with Crippen LogP contribution in [-0.2, 0) is 11.3 Å². The molecule has 0 atom stereocenters. The van der Waals surface area contributed by atoms with E-state index in [0.717, 1.165) is 37.2 Å². The summed E-state index contributed by atoms with van der Waals surface area (Å²) in [5, 5.41) is 3.97. The number of nitrogens with one attached hydrogen (secondary N) is 1. The Balaban J connectivity index is 1.91. The van der Waals surface area contributed by atoms with Crippen molar-refractivity contribution < 1.29 is 9.59 Å². The Morgan fingerprint density at radius 1 is 1.14 bits per heavy atom. The minimum Gasteiger partial charge on any atom is -0.326 e. The summed E-state index contributed by atoms with van der Waals surface area (Å²) in [6.07, 6.45) is 4.45. The zero-order valence-corrected chi connectivity index (χ0v) is 13.0. The summed E-state index contributed by atoms with van der Waals surface area (Å²) >= 11 is 0. The van der Waals surface area contributed by atoms with Gasteiger partial charge in [0.1, 0.15) is 0 Å². The zero-order valence-electron chi connectivity index (χ0n) is 13.0. The van der Waals surface area contributed by atoms with E-state index in [2.05, 4.69) is 5.32 Å². The molecule has 1 fully saturated rings. The number of carbonyl (C=O) groups is 2.